The molecule has 2 aromatic rings. The standard InChI is InChI=1S/C14H10O4.C3H6O2/c15-13(11-7-3-1-4-8-11)17-18-14(16)12-9-5-2-6-10-12;1-2-3(4)5/h1-10H;2H2,1H3,(H,4,5). The molecule has 0 radical (unpaired) electrons. The van der Waals surface area contributed by atoms with E-state index in [9.17, 15) is 14.4 Å². The maximum Gasteiger partial charge on any atom is 0.386 e. The molecule has 1 N–H and O–H groups in total. The van der Waals surface area contributed by atoms with E-state index >= 15 is 0 Å². The van der Waals surface area contributed by atoms with Crippen molar-refractivity contribution in [1.82, 2.24) is 0 Å². The first-order chi connectivity index (χ1) is 11.0. The van der Waals surface area contributed by atoms with E-state index in [1.165, 1.54) is 0 Å². The van der Waals surface area contributed by atoms with Gasteiger partial charge in [0.25, 0.3) is 0 Å². The van der Waals surface area contributed by atoms with Crippen molar-refractivity contribution >= 4 is 17.9 Å². The van der Waals surface area contributed by atoms with E-state index in [2.05, 4.69) is 9.78 Å². The van der Waals surface area contributed by atoms with Crippen LogP contribution in [0, 0.1) is 0 Å². The molecular weight excluding hydrogens is 300 g/mol. The maximum atomic E-state index is 11.5. The van der Waals surface area contributed by atoms with E-state index in [0.717, 1.165) is 0 Å². The maximum absolute atomic E-state index is 11.5. The van der Waals surface area contributed by atoms with Gasteiger partial charge < -0.3 is 5.11 Å². The Morgan fingerprint density at radius 2 is 1.09 bits per heavy atom. The Morgan fingerprint density at radius 1 is 0.783 bits per heavy atom. The van der Waals surface area contributed by atoms with Gasteiger partial charge in [0.15, 0.2) is 0 Å². The van der Waals surface area contributed by atoms with Crippen LogP contribution in [0.5, 0.6) is 0 Å². The van der Waals surface area contributed by atoms with E-state index in [-0.39, 0.29) is 6.42 Å². The fourth-order valence-electron chi connectivity index (χ4n) is 1.32. The van der Waals surface area contributed by atoms with Gasteiger partial charge in [0.05, 0.1) is 11.1 Å². The second-order valence-electron chi connectivity index (χ2n) is 4.22. The Kier molecular flexibility index (Phi) is 7.57. The zero-order valence-electron chi connectivity index (χ0n) is 12.5. The van der Waals surface area contributed by atoms with Gasteiger partial charge in [0, 0.05) is 6.42 Å². The highest BCUT2D eigenvalue weighted by Gasteiger charge is 2.12. The summed E-state index contributed by atoms with van der Waals surface area (Å²) in [5.74, 6) is -2.16. The average Bonchev–Trinajstić information content (AvgIpc) is 2.61. The molecule has 2 aromatic carbocycles. The highest BCUT2D eigenvalue weighted by atomic mass is 17.2. The molecule has 0 spiro atoms. The molecule has 0 aliphatic rings. The highest BCUT2D eigenvalue weighted by Crippen LogP contribution is 2.05. The van der Waals surface area contributed by atoms with E-state index < -0.39 is 17.9 Å². The quantitative estimate of drug-likeness (QED) is 0.691. The van der Waals surface area contributed by atoms with Crippen LogP contribution in [0.25, 0.3) is 0 Å². The molecule has 0 heterocycles. The van der Waals surface area contributed by atoms with Crippen molar-refractivity contribution in [2.45, 2.75) is 13.3 Å². The molecule has 6 nitrogen and oxygen atoms in total. The highest BCUT2D eigenvalue weighted by molar-refractivity contribution is 5.92. The molecule has 6 heteroatoms. The molecule has 0 bridgehead atoms. The van der Waals surface area contributed by atoms with Crippen molar-refractivity contribution in [2.75, 3.05) is 0 Å². The zero-order chi connectivity index (χ0) is 17.1. The van der Waals surface area contributed by atoms with E-state index in [1.807, 2.05) is 0 Å². The summed E-state index contributed by atoms with van der Waals surface area (Å²) in [4.78, 5) is 41.2. The second kappa shape index (κ2) is 9.73. The van der Waals surface area contributed by atoms with E-state index in [1.54, 1.807) is 67.6 Å². The third-order valence-corrected chi connectivity index (χ3v) is 2.51. The minimum absolute atomic E-state index is 0.222. The summed E-state index contributed by atoms with van der Waals surface area (Å²) in [6, 6.07) is 16.6. The molecule has 120 valence electrons. The van der Waals surface area contributed by atoms with Gasteiger partial charge in [-0.1, -0.05) is 43.3 Å². The summed E-state index contributed by atoms with van der Waals surface area (Å²) in [6.45, 7) is 1.60. The van der Waals surface area contributed by atoms with Crippen molar-refractivity contribution in [1.29, 1.82) is 0 Å². The van der Waals surface area contributed by atoms with Gasteiger partial charge in [-0.05, 0) is 24.3 Å². The first-order valence-electron chi connectivity index (χ1n) is 6.79. The molecular formula is C17H16O6. The summed E-state index contributed by atoms with van der Waals surface area (Å²) >= 11 is 0. The van der Waals surface area contributed by atoms with Crippen LogP contribution in [0.15, 0.2) is 60.7 Å². The Labute approximate surface area is 133 Å². The van der Waals surface area contributed by atoms with Crippen LogP contribution in [0.4, 0.5) is 0 Å². The SMILES string of the molecule is CCC(=O)O.O=C(OOC(=O)c1ccccc1)c1ccccc1. The molecule has 0 atom stereocenters. The second-order valence-corrected chi connectivity index (χ2v) is 4.22. The molecule has 2 rings (SSSR count). The monoisotopic (exact) mass is 316 g/mol. The third kappa shape index (κ3) is 6.90. The van der Waals surface area contributed by atoms with Crippen LogP contribution in [0.2, 0.25) is 0 Å². The molecule has 0 fully saturated rings. The first-order valence-corrected chi connectivity index (χ1v) is 6.79. The fourth-order valence-corrected chi connectivity index (χ4v) is 1.32. The molecule has 0 aliphatic heterocycles. The van der Waals surface area contributed by atoms with Crippen LogP contribution >= 0.6 is 0 Å². The van der Waals surface area contributed by atoms with Crippen LogP contribution in [-0.2, 0) is 14.6 Å². The summed E-state index contributed by atoms with van der Waals surface area (Å²) in [5, 5.41) is 7.72. The summed E-state index contributed by atoms with van der Waals surface area (Å²) < 4.78 is 0. The number of aliphatic carboxylic acids is 1. The number of carboxylic acids is 1. The molecule has 0 unspecified atom stereocenters. The lowest BCUT2D eigenvalue weighted by atomic mass is 10.2. The van der Waals surface area contributed by atoms with Crippen molar-refractivity contribution in [3.63, 3.8) is 0 Å². The van der Waals surface area contributed by atoms with Crippen molar-refractivity contribution in [3.8, 4) is 0 Å². The summed E-state index contributed by atoms with van der Waals surface area (Å²) in [5.41, 5.74) is 0.636. The first kappa shape index (κ1) is 17.9. The number of carbonyl (C=O) groups excluding carboxylic acids is 2. The van der Waals surface area contributed by atoms with Gasteiger partial charge in [0.2, 0.25) is 0 Å². The molecule has 0 amide bonds. The fraction of sp³-hybridized carbons (Fsp3) is 0.118. The predicted molar refractivity (Wildman–Crippen MR) is 81.6 cm³/mol. The van der Waals surface area contributed by atoms with Gasteiger partial charge in [-0.2, -0.15) is 0 Å². The number of carboxylic acid groups (broad SMARTS) is 1. The lowest BCUT2D eigenvalue weighted by Gasteiger charge is -2.02. The van der Waals surface area contributed by atoms with E-state index in [4.69, 9.17) is 5.11 Å². The number of carbonyl (C=O) groups is 3. The lowest BCUT2D eigenvalue weighted by Crippen LogP contribution is -2.11. The van der Waals surface area contributed by atoms with Crippen molar-refractivity contribution < 1.29 is 29.3 Å². The Balaban J connectivity index is 0.000000463. The Bertz CT molecular complexity index is 585. The van der Waals surface area contributed by atoms with E-state index in [0.29, 0.717) is 11.1 Å². The van der Waals surface area contributed by atoms with Gasteiger partial charge in [-0.15, -0.1) is 0 Å². The van der Waals surface area contributed by atoms with Crippen LogP contribution in [0.3, 0.4) is 0 Å². The largest absolute Gasteiger partial charge is 0.481 e. The van der Waals surface area contributed by atoms with Crippen LogP contribution < -0.4 is 0 Å². The van der Waals surface area contributed by atoms with Crippen molar-refractivity contribution in [3.05, 3.63) is 71.8 Å². The number of benzene rings is 2. The average molecular weight is 316 g/mol. The summed E-state index contributed by atoms with van der Waals surface area (Å²) in [7, 11) is 0. The van der Waals surface area contributed by atoms with Crippen LogP contribution in [0.1, 0.15) is 34.1 Å². The predicted octanol–water partition coefficient (Wildman–Crippen LogP) is 3.10. The minimum atomic E-state index is -0.745. The lowest BCUT2D eigenvalue weighted by molar-refractivity contribution is -0.187. The molecule has 0 aromatic heterocycles. The topological polar surface area (TPSA) is 89.9 Å². The number of hydrogen-bond donors (Lipinski definition) is 1. The smallest absolute Gasteiger partial charge is 0.386 e. The summed E-state index contributed by atoms with van der Waals surface area (Å²) in [6.07, 6.45) is 0.222. The Hall–Kier alpha value is -3.15. The third-order valence-electron chi connectivity index (χ3n) is 2.51. The van der Waals surface area contributed by atoms with Gasteiger partial charge in [-0.25, -0.2) is 19.4 Å². The zero-order valence-corrected chi connectivity index (χ0v) is 12.5. The van der Waals surface area contributed by atoms with Gasteiger partial charge in [-0.3, -0.25) is 4.79 Å². The normalized spacial score (nSPS) is 9.09. The van der Waals surface area contributed by atoms with Gasteiger partial charge in [0.1, 0.15) is 0 Å². The number of hydrogen-bond acceptors (Lipinski definition) is 5. The van der Waals surface area contributed by atoms with Crippen molar-refractivity contribution in [2.24, 2.45) is 0 Å². The molecule has 0 aliphatic carbocycles. The van der Waals surface area contributed by atoms with Gasteiger partial charge >= 0.3 is 17.9 Å². The van der Waals surface area contributed by atoms with Crippen LogP contribution in [-0.4, -0.2) is 23.0 Å². The number of rotatable bonds is 3. The Morgan fingerprint density at radius 3 is 1.35 bits per heavy atom. The minimum Gasteiger partial charge on any atom is -0.481 e. The molecule has 23 heavy (non-hydrogen) atoms. The molecule has 0 saturated heterocycles. The molecule has 0 saturated carbocycles.